The Morgan fingerprint density at radius 1 is 1.02 bits per heavy atom. The molecule has 4 aromatic rings. The molecule has 1 saturated heterocycles. The summed E-state index contributed by atoms with van der Waals surface area (Å²) in [4.78, 5) is 49.4. The number of aromatic nitrogens is 2. The Kier molecular flexibility index (Phi) is 9.98. The maximum absolute atomic E-state index is 13.3. The number of carbonyl (C=O) groups excluding carboxylic acids is 2. The van der Waals surface area contributed by atoms with Gasteiger partial charge in [0.25, 0.3) is 5.56 Å². The smallest absolute Gasteiger partial charge is 0.399 e. The number of aryl methyl sites for hydroxylation is 3. The molecule has 10 nitrogen and oxygen atoms in total. The number of ether oxygens (including phenoxy) is 1. The van der Waals surface area contributed by atoms with E-state index in [9.17, 15) is 14.4 Å². The topological polar surface area (TPSA) is 109 Å². The number of hydrogen-bond acceptors (Lipinski definition) is 8. The number of likely N-dealkylation sites (N-methyl/N-ethyl adjacent to an activating group) is 1. The SMILES string of the molecule is Cc1c(NC(=O)Oc2cc3c(s2)CCCCC3)cccc1-c1cn(C)c(=O)c(Nc2ccc(C(C(=O)N3CCC3)N(C)C(C)C)cc2)n1. The summed E-state index contributed by atoms with van der Waals surface area (Å²) in [5, 5.41) is 6.70. The normalized spacial score (nSPS) is 15.0. The molecule has 1 aliphatic carbocycles. The van der Waals surface area contributed by atoms with Crippen LogP contribution in [0.2, 0.25) is 0 Å². The molecule has 6 rings (SSSR count). The first-order valence-electron chi connectivity index (χ1n) is 16.7. The molecule has 2 amide bonds. The summed E-state index contributed by atoms with van der Waals surface area (Å²) in [5.74, 6) is 0.284. The molecule has 2 aromatic carbocycles. The molecule has 0 bridgehead atoms. The zero-order valence-electron chi connectivity index (χ0n) is 28.3. The Bertz CT molecular complexity index is 1840. The van der Waals surface area contributed by atoms with Gasteiger partial charge in [0.05, 0.1) is 5.69 Å². The summed E-state index contributed by atoms with van der Waals surface area (Å²) in [5.41, 5.74) is 5.34. The molecular formula is C37H44N6O4S. The van der Waals surface area contributed by atoms with E-state index in [-0.39, 0.29) is 29.4 Å². The fourth-order valence-electron chi connectivity index (χ4n) is 6.23. The van der Waals surface area contributed by atoms with E-state index in [1.165, 1.54) is 34.3 Å². The van der Waals surface area contributed by atoms with Crippen LogP contribution in [-0.4, -0.2) is 57.5 Å². The minimum Gasteiger partial charge on any atom is -0.399 e. The maximum Gasteiger partial charge on any atom is 0.417 e. The van der Waals surface area contributed by atoms with Crippen molar-refractivity contribution in [2.24, 2.45) is 7.05 Å². The molecule has 11 heteroatoms. The highest BCUT2D eigenvalue weighted by Crippen LogP contribution is 2.35. The van der Waals surface area contributed by atoms with Gasteiger partial charge in [-0.2, -0.15) is 0 Å². The van der Waals surface area contributed by atoms with Crippen LogP contribution < -0.4 is 20.9 Å². The van der Waals surface area contributed by atoms with Crippen molar-refractivity contribution in [2.75, 3.05) is 30.8 Å². The van der Waals surface area contributed by atoms with Crippen LogP contribution in [0.25, 0.3) is 11.3 Å². The summed E-state index contributed by atoms with van der Waals surface area (Å²) in [7, 11) is 3.66. The van der Waals surface area contributed by atoms with Gasteiger partial charge in [-0.3, -0.25) is 19.8 Å². The average Bonchev–Trinajstić information content (AvgIpc) is 3.27. The molecule has 1 atom stereocenters. The van der Waals surface area contributed by atoms with Gasteiger partial charge in [-0.1, -0.05) is 30.7 Å². The van der Waals surface area contributed by atoms with Crippen LogP contribution in [0.1, 0.15) is 67.1 Å². The summed E-state index contributed by atoms with van der Waals surface area (Å²) >= 11 is 1.56. The quantitative estimate of drug-likeness (QED) is 0.184. The van der Waals surface area contributed by atoms with Crippen molar-refractivity contribution in [3.8, 4) is 16.3 Å². The number of likely N-dealkylation sites (tertiary alicyclic amines) is 1. The van der Waals surface area contributed by atoms with Crippen molar-refractivity contribution >= 4 is 40.5 Å². The molecule has 0 radical (unpaired) electrons. The van der Waals surface area contributed by atoms with Gasteiger partial charge in [0, 0.05) is 54.2 Å². The standard InChI is InChI=1S/C37H44N6O4S/c1-23(2)42(5)33(35(44)43-19-10-20-43)25-15-17-27(18-16-25)38-34-36(45)41(4)22-30(39-34)28-12-9-13-29(24(28)3)40-37(46)47-32-21-26-11-7-6-8-14-31(26)48-32/h9,12-13,15-18,21-23,33H,6-8,10-11,14,19-20H2,1-5H3,(H,38,39)(H,40,46). The number of nitrogens with one attached hydrogen (secondary N) is 2. The van der Waals surface area contributed by atoms with Gasteiger partial charge in [0.15, 0.2) is 10.9 Å². The predicted octanol–water partition coefficient (Wildman–Crippen LogP) is 7.05. The van der Waals surface area contributed by atoms with Gasteiger partial charge in [0.2, 0.25) is 5.91 Å². The second-order valence-corrected chi connectivity index (χ2v) is 14.1. The molecule has 2 N–H and O–H groups in total. The second kappa shape index (κ2) is 14.3. The van der Waals surface area contributed by atoms with Gasteiger partial charge < -0.3 is 19.5 Å². The lowest BCUT2D eigenvalue weighted by atomic mass is 10.0. The third kappa shape index (κ3) is 7.17. The van der Waals surface area contributed by atoms with Gasteiger partial charge in [0.1, 0.15) is 6.04 Å². The van der Waals surface area contributed by atoms with Gasteiger partial charge >= 0.3 is 6.09 Å². The summed E-state index contributed by atoms with van der Waals surface area (Å²) in [6.07, 6.45) is 7.83. The fourth-order valence-corrected chi connectivity index (χ4v) is 7.33. The van der Waals surface area contributed by atoms with Crippen LogP contribution in [-0.2, 0) is 24.7 Å². The Morgan fingerprint density at radius 3 is 2.48 bits per heavy atom. The molecule has 1 aliphatic heterocycles. The average molecular weight is 669 g/mol. The number of hydrogen-bond donors (Lipinski definition) is 2. The molecule has 1 unspecified atom stereocenters. The zero-order valence-corrected chi connectivity index (χ0v) is 29.2. The van der Waals surface area contributed by atoms with Crippen molar-refractivity contribution in [3.05, 3.63) is 86.6 Å². The summed E-state index contributed by atoms with van der Waals surface area (Å²) in [6, 6.07) is 15.0. The van der Waals surface area contributed by atoms with Crippen molar-refractivity contribution < 1.29 is 14.3 Å². The van der Waals surface area contributed by atoms with E-state index in [1.54, 1.807) is 24.6 Å². The molecule has 48 heavy (non-hydrogen) atoms. The number of amides is 2. The number of fused-ring (bicyclic) bond motifs is 1. The Labute approximate surface area is 285 Å². The molecule has 252 valence electrons. The van der Waals surface area contributed by atoms with Crippen molar-refractivity contribution in [1.82, 2.24) is 19.4 Å². The van der Waals surface area contributed by atoms with E-state index >= 15 is 0 Å². The Hall–Kier alpha value is -4.48. The molecule has 2 aliphatic rings. The minimum atomic E-state index is -0.542. The maximum atomic E-state index is 13.3. The number of anilines is 3. The first-order valence-corrected chi connectivity index (χ1v) is 17.6. The van der Waals surface area contributed by atoms with Crippen LogP contribution in [0.15, 0.2) is 59.5 Å². The van der Waals surface area contributed by atoms with Crippen LogP contribution in [0.3, 0.4) is 0 Å². The van der Waals surface area contributed by atoms with Crippen molar-refractivity contribution in [2.45, 2.75) is 71.4 Å². The second-order valence-electron chi connectivity index (χ2n) is 13.0. The lowest BCUT2D eigenvalue weighted by Crippen LogP contribution is -2.49. The lowest BCUT2D eigenvalue weighted by molar-refractivity contribution is -0.141. The molecule has 2 aromatic heterocycles. The molecule has 0 saturated carbocycles. The van der Waals surface area contributed by atoms with Gasteiger partial charge in [-0.05, 0) is 101 Å². The first-order chi connectivity index (χ1) is 23.1. The van der Waals surface area contributed by atoms with Crippen molar-refractivity contribution in [3.63, 3.8) is 0 Å². The fraction of sp³-hybridized carbons (Fsp3) is 0.405. The van der Waals surface area contributed by atoms with Crippen LogP contribution in [0.4, 0.5) is 22.0 Å². The third-order valence-electron chi connectivity index (χ3n) is 9.45. The number of rotatable bonds is 9. The molecule has 0 spiro atoms. The number of nitrogens with zero attached hydrogens (tertiary/aromatic N) is 4. The summed E-state index contributed by atoms with van der Waals surface area (Å²) < 4.78 is 7.18. The highest BCUT2D eigenvalue weighted by atomic mass is 32.1. The molecular weight excluding hydrogens is 625 g/mol. The van der Waals surface area contributed by atoms with E-state index in [0.29, 0.717) is 22.1 Å². The molecule has 1 fully saturated rings. The lowest BCUT2D eigenvalue weighted by Gasteiger charge is -2.38. The Balaban J connectivity index is 1.19. The van der Waals surface area contributed by atoms with Crippen LogP contribution in [0.5, 0.6) is 5.06 Å². The largest absolute Gasteiger partial charge is 0.417 e. The van der Waals surface area contributed by atoms with Crippen LogP contribution >= 0.6 is 11.3 Å². The number of benzene rings is 2. The van der Waals surface area contributed by atoms with Crippen molar-refractivity contribution in [1.29, 1.82) is 0 Å². The highest BCUT2D eigenvalue weighted by Gasteiger charge is 2.33. The Morgan fingerprint density at radius 2 is 1.77 bits per heavy atom. The monoisotopic (exact) mass is 668 g/mol. The van der Waals surface area contributed by atoms with Gasteiger partial charge in [-0.15, -0.1) is 11.3 Å². The van der Waals surface area contributed by atoms with Gasteiger partial charge in [-0.25, -0.2) is 9.78 Å². The van der Waals surface area contributed by atoms with Crippen LogP contribution in [0, 0.1) is 6.92 Å². The zero-order chi connectivity index (χ0) is 33.9. The number of carbonyl (C=O) groups is 2. The third-order valence-corrected chi connectivity index (χ3v) is 10.6. The summed E-state index contributed by atoms with van der Waals surface area (Å²) in [6.45, 7) is 7.66. The molecule has 3 heterocycles. The minimum absolute atomic E-state index is 0.113. The van der Waals surface area contributed by atoms with E-state index in [2.05, 4.69) is 29.4 Å². The number of thiophene rings is 1. The highest BCUT2D eigenvalue weighted by molar-refractivity contribution is 7.14. The van der Waals surface area contributed by atoms with E-state index < -0.39 is 6.09 Å². The first kappa shape index (κ1) is 33.4. The van der Waals surface area contributed by atoms with E-state index in [4.69, 9.17) is 9.72 Å². The predicted molar refractivity (Wildman–Crippen MR) is 191 cm³/mol. The van der Waals surface area contributed by atoms with E-state index in [1.807, 2.05) is 67.4 Å². The van der Waals surface area contributed by atoms with E-state index in [0.717, 1.165) is 49.0 Å².